The fourth-order valence-corrected chi connectivity index (χ4v) is 2.76. The van der Waals surface area contributed by atoms with Crippen molar-refractivity contribution in [2.24, 2.45) is 4.99 Å². The van der Waals surface area contributed by atoms with Crippen LogP contribution >= 0.6 is 11.8 Å². The molecule has 0 radical (unpaired) electrons. The van der Waals surface area contributed by atoms with Gasteiger partial charge in [-0.15, -0.1) is 10.2 Å². The SMILES string of the molecule is CCCCOCCCNC(=NCCCSC)NCCn1cnnc1CC. The van der Waals surface area contributed by atoms with Crippen molar-refractivity contribution >= 4 is 17.7 Å². The van der Waals surface area contributed by atoms with Crippen LogP contribution in [0.25, 0.3) is 0 Å². The first kappa shape index (κ1) is 22.8. The smallest absolute Gasteiger partial charge is 0.191 e. The summed E-state index contributed by atoms with van der Waals surface area (Å²) in [6.45, 7) is 9.28. The Labute approximate surface area is 162 Å². The van der Waals surface area contributed by atoms with Crippen molar-refractivity contribution < 1.29 is 4.74 Å². The van der Waals surface area contributed by atoms with E-state index in [1.807, 2.05) is 11.8 Å². The molecule has 7 nitrogen and oxygen atoms in total. The molecule has 0 bridgehead atoms. The lowest BCUT2D eigenvalue weighted by Crippen LogP contribution is -2.40. The van der Waals surface area contributed by atoms with Crippen LogP contribution in [0.1, 0.15) is 45.4 Å². The van der Waals surface area contributed by atoms with Crippen LogP contribution < -0.4 is 10.6 Å². The third-order valence-corrected chi connectivity index (χ3v) is 4.53. The van der Waals surface area contributed by atoms with Gasteiger partial charge in [0.2, 0.25) is 0 Å². The molecule has 0 fully saturated rings. The molecule has 26 heavy (non-hydrogen) atoms. The van der Waals surface area contributed by atoms with Crippen molar-refractivity contribution in [1.29, 1.82) is 0 Å². The Balaban J connectivity index is 2.30. The van der Waals surface area contributed by atoms with Crippen LogP contribution in [0.4, 0.5) is 0 Å². The molecule has 0 aromatic carbocycles. The van der Waals surface area contributed by atoms with Crippen LogP contribution in [0.15, 0.2) is 11.3 Å². The van der Waals surface area contributed by atoms with Crippen molar-refractivity contribution in [2.45, 2.75) is 52.5 Å². The van der Waals surface area contributed by atoms with E-state index < -0.39 is 0 Å². The minimum Gasteiger partial charge on any atom is -0.381 e. The van der Waals surface area contributed by atoms with E-state index in [0.717, 1.165) is 82.6 Å². The lowest BCUT2D eigenvalue weighted by Gasteiger charge is -2.13. The number of aryl methyl sites for hydroxylation is 1. The first-order valence-electron chi connectivity index (χ1n) is 9.77. The second kappa shape index (κ2) is 15.9. The van der Waals surface area contributed by atoms with Gasteiger partial charge in [-0.1, -0.05) is 20.3 Å². The van der Waals surface area contributed by atoms with Crippen LogP contribution in [-0.2, 0) is 17.7 Å². The number of aliphatic imine (C=N–C) groups is 1. The van der Waals surface area contributed by atoms with Crippen molar-refractivity contribution in [3.63, 3.8) is 0 Å². The zero-order chi connectivity index (χ0) is 18.9. The summed E-state index contributed by atoms with van der Waals surface area (Å²) in [5.74, 6) is 3.04. The molecule has 0 atom stereocenters. The molecule has 0 aliphatic rings. The molecule has 2 N–H and O–H groups in total. The maximum absolute atomic E-state index is 5.60. The minimum atomic E-state index is 0.798. The van der Waals surface area contributed by atoms with Crippen LogP contribution in [0.2, 0.25) is 0 Å². The molecule has 1 heterocycles. The Morgan fingerprint density at radius 3 is 2.77 bits per heavy atom. The third-order valence-electron chi connectivity index (χ3n) is 3.83. The Kier molecular flexibility index (Phi) is 13.9. The topological polar surface area (TPSA) is 76.4 Å². The second-order valence-corrected chi connectivity index (χ2v) is 7.03. The number of ether oxygens (including phenoxy) is 1. The highest BCUT2D eigenvalue weighted by Gasteiger charge is 2.02. The van der Waals surface area contributed by atoms with Gasteiger partial charge in [-0.3, -0.25) is 4.99 Å². The van der Waals surface area contributed by atoms with Gasteiger partial charge in [-0.25, -0.2) is 0 Å². The molecule has 0 spiro atoms. The molecular weight excluding hydrogens is 348 g/mol. The standard InChI is InChI=1S/C18H36N6OS/c1-4-6-13-25-14-7-9-19-18(20-10-8-15-26-3)21-11-12-24-16-22-23-17(24)5-2/h16H,4-15H2,1-3H3,(H2,19,20,21). The fraction of sp³-hybridized carbons (Fsp3) is 0.833. The lowest BCUT2D eigenvalue weighted by molar-refractivity contribution is 0.129. The number of hydrogen-bond donors (Lipinski definition) is 2. The molecule has 0 saturated heterocycles. The molecule has 0 unspecified atom stereocenters. The van der Waals surface area contributed by atoms with Gasteiger partial charge in [0.1, 0.15) is 12.2 Å². The summed E-state index contributed by atoms with van der Waals surface area (Å²) in [4.78, 5) is 4.67. The van der Waals surface area contributed by atoms with Gasteiger partial charge in [-0.2, -0.15) is 11.8 Å². The summed E-state index contributed by atoms with van der Waals surface area (Å²) in [6, 6.07) is 0. The van der Waals surface area contributed by atoms with Gasteiger partial charge in [0.25, 0.3) is 0 Å². The lowest BCUT2D eigenvalue weighted by atomic mass is 10.4. The highest BCUT2D eigenvalue weighted by molar-refractivity contribution is 7.98. The minimum absolute atomic E-state index is 0.798. The third kappa shape index (κ3) is 10.7. The number of aromatic nitrogens is 3. The van der Waals surface area contributed by atoms with E-state index in [1.165, 1.54) is 6.42 Å². The summed E-state index contributed by atoms with van der Waals surface area (Å²) in [5, 5.41) is 14.9. The van der Waals surface area contributed by atoms with Crippen LogP contribution in [0, 0.1) is 0 Å². The summed E-state index contributed by atoms with van der Waals surface area (Å²) in [6.07, 6.45) is 9.22. The summed E-state index contributed by atoms with van der Waals surface area (Å²) in [5.41, 5.74) is 0. The summed E-state index contributed by atoms with van der Waals surface area (Å²) < 4.78 is 7.69. The normalized spacial score (nSPS) is 11.7. The van der Waals surface area contributed by atoms with Gasteiger partial charge >= 0.3 is 0 Å². The molecule has 0 aliphatic heterocycles. The van der Waals surface area contributed by atoms with Gasteiger partial charge < -0.3 is 19.9 Å². The Morgan fingerprint density at radius 2 is 2.00 bits per heavy atom. The summed E-state index contributed by atoms with van der Waals surface area (Å²) in [7, 11) is 0. The number of hydrogen-bond acceptors (Lipinski definition) is 5. The van der Waals surface area contributed by atoms with E-state index in [4.69, 9.17) is 4.74 Å². The predicted octanol–water partition coefficient (Wildman–Crippen LogP) is 2.34. The molecule has 0 amide bonds. The predicted molar refractivity (Wildman–Crippen MR) is 111 cm³/mol. The number of nitrogens with zero attached hydrogens (tertiary/aromatic N) is 4. The van der Waals surface area contributed by atoms with Crippen LogP contribution in [0.3, 0.4) is 0 Å². The Hall–Kier alpha value is -1.28. The average molecular weight is 385 g/mol. The van der Waals surface area contributed by atoms with Crippen LogP contribution in [0.5, 0.6) is 0 Å². The van der Waals surface area contributed by atoms with E-state index in [2.05, 4.69) is 50.5 Å². The largest absolute Gasteiger partial charge is 0.381 e. The number of guanidine groups is 1. The number of rotatable bonds is 15. The van der Waals surface area contributed by atoms with Crippen molar-refractivity contribution in [1.82, 2.24) is 25.4 Å². The maximum Gasteiger partial charge on any atom is 0.191 e. The van der Waals surface area contributed by atoms with Crippen molar-refractivity contribution in [2.75, 3.05) is 44.9 Å². The average Bonchev–Trinajstić information content (AvgIpc) is 3.11. The number of unbranched alkanes of at least 4 members (excludes halogenated alkanes) is 1. The highest BCUT2D eigenvalue weighted by Crippen LogP contribution is 1.96. The molecule has 1 rings (SSSR count). The highest BCUT2D eigenvalue weighted by atomic mass is 32.2. The molecule has 8 heteroatoms. The Bertz CT molecular complexity index is 480. The molecule has 0 saturated carbocycles. The van der Waals surface area contributed by atoms with Gasteiger partial charge in [0.05, 0.1) is 0 Å². The Morgan fingerprint density at radius 1 is 1.19 bits per heavy atom. The molecule has 150 valence electrons. The van der Waals surface area contributed by atoms with E-state index in [9.17, 15) is 0 Å². The fourth-order valence-electron chi connectivity index (χ4n) is 2.34. The van der Waals surface area contributed by atoms with Gasteiger partial charge in [0.15, 0.2) is 5.96 Å². The summed E-state index contributed by atoms with van der Waals surface area (Å²) >= 11 is 1.86. The van der Waals surface area contributed by atoms with E-state index in [1.54, 1.807) is 6.33 Å². The molecule has 1 aromatic heterocycles. The molecule has 0 aliphatic carbocycles. The molecular formula is C18H36N6OS. The zero-order valence-corrected chi connectivity index (χ0v) is 17.5. The first-order valence-corrected chi connectivity index (χ1v) is 11.2. The molecule has 1 aromatic rings. The maximum atomic E-state index is 5.60. The van der Waals surface area contributed by atoms with E-state index >= 15 is 0 Å². The second-order valence-electron chi connectivity index (χ2n) is 6.04. The zero-order valence-electron chi connectivity index (χ0n) is 16.7. The monoisotopic (exact) mass is 384 g/mol. The van der Waals surface area contributed by atoms with Gasteiger partial charge in [-0.05, 0) is 31.3 Å². The van der Waals surface area contributed by atoms with Gasteiger partial charge in [0, 0.05) is 45.8 Å². The number of thioether (sulfide) groups is 1. The van der Waals surface area contributed by atoms with E-state index in [0.29, 0.717) is 0 Å². The quantitative estimate of drug-likeness (QED) is 0.275. The van der Waals surface area contributed by atoms with Crippen molar-refractivity contribution in [3.8, 4) is 0 Å². The van der Waals surface area contributed by atoms with E-state index in [-0.39, 0.29) is 0 Å². The van der Waals surface area contributed by atoms with Crippen LogP contribution in [-0.4, -0.2) is 65.6 Å². The first-order chi connectivity index (χ1) is 12.8. The van der Waals surface area contributed by atoms with Crippen molar-refractivity contribution in [3.05, 3.63) is 12.2 Å². The number of nitrogens with one attached hydrogen (secondary N) is 2.